The number of ether oxygens (including phenoxy) is 1. The van der Waals surface area contributed by atoms with Gasteiger partial charge in [0, 0.05) is 43.0 Å². The summed E-state index contributed by atoms with van der Waals surface area (Å²) < 4.78 is 7.62. The number of hydrogen-bond acceptors (Lipinski definition) is 5. The zero-order chi connectivity index (χ0) is 24.5. The van der Waals surface area contributed by atoms with E-state index in [-0.39, 0.29) is 42.8 Å². The van der Waals surface area contributed by atoms with Crippen LogP contribution in [0.15, 0.2) is 42.7 Å². The molecule has 9 heteroatoms. The van der Waals surface area contributed by atoms with Crippen LogP contribution in [-0.2, 0) is 4.79 Å². The van der Waals surface area contributed by atoms with Crippen molar-refractivity contribution in [3.63, 3.8) is 0 Å². The van der Waals surface area contributed by atoms with Crippen molar-refractivity contribution in [2.75, 3.05) is 19.7 Å². The third-order valence-electron chi connectivity index (χ3n) is 6.74. The average Bonchev–Trinajstić information content (AvgIpc) is 3.43. The number of hydrogen-bond donors (Lipinski definition) is 2. The van der Waals surface area contributed by atoms with Gasteiger partial charge in [-0.15, -0.1) is 0 Å². The second-order valence-corrected chi connectivity index (χ2v) is 9.29. The van der Waals surface area contributed by atoms with Crippen molar-refractivity contribution in [2.24, 2.45) is 0 Å². The van der Waals surface area contributed by atoms with E-state index in [4.69, 9.17) is 4.74 Å². The normalized spacial score (nSPS) is 21.0. The topological polar surface area (TPSA) is 105 Å². The van der Waals surface area contributed by atoms with Gasteiger partial charge in [-0.05, 0) is 62.1 Å². The first kappa shape index (κ1) is 22.9. The Morgan fingerprint density at radius 3 is 2.77 bits per heavy atom. The summed E-state index contributed by atoms with van der Waals surface area (Å²) in [6.07, 6.45) is 5.15. The highest BCUT2D eigenvalue weighted by molar-refractivity contribution is 5.95. The van der Waals surface area contributed by atoms with E-state index in [2.05, 4.69) is 15.6 Å². The van der Waals surface area contributed by atoms with Crippen LogP contribution in [0.2, 0.25) is 0 Å². The van der Waals surface area contributed by atoms with Gasteiger partial charge >= 0.3 is 0 Å². The smallest absolute Gasteiger partial charge is 0.274 e. The van der Waals surface area contributed by atoms with E-state index in [0.29, 0.717) is 48.6 Å². The Morgan fingerprint density at radius 2 is 1.91 bits per heavy atom. The maximum absolute atomic E-state index is 13.7. The van der Waals surface area contributed by atoms with Crippen LogP contribution >= 0.6 is 0 Å². The molecule has 2 aliphatic heterocycles. The lowest BCUT2D eigenvalue weighted by atomic mass is 10.1. The second-order valence-electron chi connectivity index (χ2n) is 9.29. The number of pyridine rings is 1. The van der Waals surface area contributed by atoms with Crippen molar-refractivity contribution < 1.29 is 19.1 Å². The molecule has 35 heavy (non-hydrogen) atoms. The Hall–Kier alpha value is -3.88. The van der Waals surface area contributed by atoms with Gasteiger partial charge in [-0.2, -0.15) is 0 Å². The van der Waals surface area contributed by atoms with Gasteiger partial charge in [0.2, 0.25) is 5.91 Å². The summed E-state index contributed by atoms with van der Waals surface area (Å²) in [5, 5.41) is 5.87. The van der Waals surface area contributed by atoms with Crippen LogP contribution in [0.1, 0.15) is 51.2 Å². The maximum atomic E-state index is 13.7. The molecule has 3 aromatic rings. The average molecular weight is 476 g/mol. The highest BCUT2D eigenvalue weighted by Crippen LogP contribution is 2.29. The van der Waals surface area contributed by atoms with E-state index >= 15 is 0 Å². The van der Waals surface area contributed by atoms with Crippen LogP contribution in [0.4, 0.5) is 0 Å². The first-order valence-corrected chi connectivity index (χ1v) is 12.0. The van der Waals surface area contributed by atoms with Crippen LogP contribution in [0.3, 0.4) is 0 Å². The molecule has 1 saturated heterocycles. The molecule has 1 aromatic carbocycles. The highest BCUT2D eigenvalue weighted by Gasteiger charge is 2.39. The Labute approximate surface area is 203 Å². The Bertz CT molecular complexity index is 1300. The molecule has 5 rings (SSSR count). The van der Waals surface area contributed by atoms with E-state index in [9.17, 15) is 14.4 Å². The number of fused-ring (bicyclic) bond motifs is 5. The molecule has 4 heterocycles. The number of imidazole rings is 1. The highest BCUT2D eigenvalue weighted by atomic mass is 16.5. The molecule has 9 nitrogen and oxygen atoms in total. The summed E-state index contributed by atoms with van der Waals surface area (Å²) in [6.45, 7) is 4.80. The standard InChI is InChI=1S/C26H29N5O4/c1-16-7-9-30-15-21(29-23(30)11-16)26(34)31-19-5-6-20(31)14-28-25(33)18-4-3-17(2)22(12-18)35-10-8-27-24(32)13-19/h3-4,7,9,11-12,15,19-20H,5-6,8,10,13-14H2,1-2H3,(H,27,32)(H,28,33)/t19-,20+/m0/s1. The van der Waals surface area contributed by atoms with Crippen molar-refractivity contribution >= 4 is 23.4 Å². The van der Waals surface area contributed by atoms with Gasteiger partial charge in [0.05, 0.1) is 6.54 Å². The van der Waals surface area contributed by atoms with Crippen molar-refractivity contribution in [3.05, 3.63) is 65.1 Å². The molecule has 2 aliphatic rings. The lowest BCUT2D eigenvalue weighted by molar-refractivity contribution is -0.122. The molecule has 0 radical (unpaired) electrons. The number of aromatic nitrogens is 2. The number of carbonyl (C=O) groups excluding carboxylic acids is 3. The van der Waals surface area contributed by atoms with Gasteiger partial charge in [-0.25, -0.2) is 4.98 Å². The summed E-state index contributed by atoms with van der Waals surface area (Å²) >= 11 is 0. The fourth-order valence-corrected chi connectivity index (χ4v) is 4.86. The number of benzene rings is 1. The van der Waals surface area contributed by atoms with Gasteiger partial charge in [0.15, 0.2) is 0 Å². The molecule has 3 amide bonds. The minimum Gasteiger partial charge on any atom is -0.491 e. The summed E-state index contributed by atoms with van der Waals surface area (Å²) in [5.41, 5.74) is 3.48. The van der Waals surface area contributed by atoms with Crippen molar-refractivity contribution in [1.29, 1.82) is 0 Å². The van der Waals surface area contributed by atoms with Gasteiger partial charge in [0.1, 0.15) is 23.7 Å². The van der Waals surface area contributed by atoms with E-state index in [1.807, 2.05) is 42.6 Å². The molecule has 1 fully saturated rings. The van der Waals surface area contributed by atoms with Crippen LogP contribution in [0.25, 0.3) is 5.65 Å². The zero-order valence-corrected chi connectivity index (χ0v) is 19.9. The largest absolute Gasteiger partial charge is 0.491 e. The minimum absolute atomic E-state index is 0.132. The number of nitrogens with one attached hydrogen (secondary N) is 2. The molecule has 0 unspecified atom stereocenters. The Balaban J connectivity index is 1.43. The number of aryl methyl sites for hydroxylation is 2. The van der Waals surface area contributed by atoms with E-state index in [0.717, 1.165) is 11.1 Å². The van der Waals surface area contributed by atoms with E-state index in [1.54, 1.807) is 23.2 Å². The predicted octanol–water partition coefficient (Wildman–Crippen LogP) is 2.25. The number of carbonyl (C=O) groups is 3. The van der Waals surface area contributed by atoms with Crippen molar-refractivity contribution in [3.8, 4) is 5.75 Å². The van der Waals surface area contributed by atoms with Gasteiger partial charge in [0.25, 0.3) is 11.8 Å². The SMILES string of the molecule is Cc1ccn2cc(C(=O)N3[C@@H]4CC[C@H]3CC(=O)NCCOc3cc(ccc3C)C(=O)NC4)nc2c1. The quantitative estimate of drug-likeness (QED) is 0.562. The molecule has 2 atom stereocenters. The fourth-order valence-electron chi connectivity index (χ4n) is 4.86. The van der Waals surface area contributed by atoms with Crippen LogP contribution < -0.4 is 15.4 Å². The molecule has 0 aliphatic carbocycles. The molecular formula is C26H29N5O4. The molecular weight excluding hydrogens is 446 g/mol. The molecule has 4 bridgehead atoms. The van der Waals surface area contributed by atoms with Gasteiger partial charge < -0.3 is 24.7 Å². The van der Waals surface area contributed by atoms with Gasteiger partial charge in [-0.1, -0.05) is 6.07 Å². The molecule has 2 aromatic heterocycles. The predicted molar refractivity (Wildman–Crippen MR) is 130 cm³/mol. The van der Waals surface area contributed by atoms with E-state index in [1.165, 1.54) is 0 Å². The summed E-state index contributed by atoms with van der Waals surface area (Å²) in [6, 6.07) is 8.68. The Morgan fingerprint density at radius 1 is 1.09 bits per heavy atom. The summed E-state index contributed by atoms with van der Waals surface area (Å²) in [5.74, 6) is 0.0263. The van der Waals surface area contributed by atoms with Crippen LogP contribution in [0, 0.1) is 13.8 Å². The monoisotopic (exact) mass is 475 g/mol. The summed E-state index contributed by atoms with van der Waals surface area (Å²) in [4.78, 5) is 45.5. The first-order chi connectivity index (χ1) is 16.9. The third-order valence-corrected chi connectivity index (χ3v) is 6.74. The molecule has 182 valence electrons. The number of rotatable bonds is 1. The second kappa shape index (κ2) is 9.40. The van der Waals surface area contributed by atoms with Gasteiger partial charge in [-0.3, -0.25) is 14.4 Å². The minimum atomic E-state index is -0.273. The van der Waals surface area contributed by atoms with E-state index < -0.39 is 0 Å². The first-order valence-electron chi connectivity index (χ1n) is 12.0. The number of nitrogens with zero attached hydrogens (tertiary/aromatic N) is 3. The molecule has 0 saturated carbocycles. The zero-order valence-electron chi connectivity index (χ0n) is 19.9. The number of amides is 3. The van der Waals surface area contributed by atoms with Crippen molar-refractivity contribution in [2.45, 2.75) is 45.2 Å². The fraction of sp³-hybridized carbons (Fsp3) is 0.385. The van der Waals surface area contributed by atoms with Crippen molar-refractivity contribution in [1.82, 2.24) is 24.9 Å². The Kier molecular flexibility index (Phi) is 6.15. The van der Waals surface area contributed by atoms with Crippen LogP contribution in [0.5, 0.6) is 5.75 Å². The third kappa shape index (κ3) is 4.71. The molecule has 0 spiro atoms. The maximum Gasteiger partial charge on any atom is 0.274 e. The lowest BCUT2D eigenvalue weighted by Crippen LogP contribution is -2.48. The van der Waals surface area contributed by atoms with Crippen LogP contribution in [-0.4, -0.2) is 63.8 Å². The lowest BCUT2D eigenvalue weighted by Gasteiger charge is -2.30. The summed E-state index contributed by atoms with van der Waals surface area (Å²) in [7, 11) is 0. The molecule has 2 N–H and O–H groups in total.